The summed E-state index contributed by atoms with van der Waals surface area (Å²) in [7, 11) is 0. The first-order valence-electron chi connectivity index (χ1n) is 6.29. The number of hydrogen-bond acceptors (Lipinski definition) is 3. The SMILES string of the molecule is CCCCN(CCO)CC(=O)c1cccc(F)c1. The van der Waals surface area contributed by atoms with Crippen LogP contribution in [0, 0.1) is 5.82 Å². The van der Waals surface area contributed by atoms with Crippen LogP contribution in [-0.2, 0) is 0 Å². The van der Waals surface area contributed by atoms with E-state index < -0.39 is 5.82 Å². The average molecular weight is 253 g/mol. The van der Waals surface area contributed by atoms with Crippen LogP contribution in [0.4, 0.5) is 4.39 Å². The minimum atomic E-state index is -0.400. The van der Waals surface area contributed by atoms with Crippen LogP contribution in [0.15, 0.2) is 24.3 Å². The molecule has 100 valence electrons. The Morgan fingerprint density at radius 1 is 1.39 bits per heavy atom. The van der Waals surface area contributed by atoms with Gasteiger partial charge in [0.05, 0.1) is 13.2 Å². The summed E-state index contributed by atoms with van der Waals surface area (Å²) < 4.78 is 13.0. The Bertz CT molecular complexity index is 382. The molecule has 1 aromatic carbocycles. The number of Topliss-reactive ketones (excluding diaryl/α,β-unsaturated/α-hetero) is 1. The summed E-state index contributed by atoms with van der Waals surface area (Å²) in [4.78, 5) is 13.9. The summed E-state index contributed by atoms with van der Waals surface area (Å²) in [6, 6.07) is 5.71. The van der Waals surface area contributed by atoms with Crippen LogP contribution in [0.25, 0.3) is 0 Å². The van der Waals surface area contributed by atoms with E-state index in [0.717, 1.165) is 19.4 Å². The van der Waals surface area contributed by atoms with Gasteiger partial charge in [-0.25, -0.2) is 4.39 Å². The van der Waals surface area contributed by atoms with Gasteiger partial charge >= 0.3 is 0 Å². The van der Waals surface area contributed by atoms with Crippen LogP contribution in [0.1, 0.15) is 30.1 Å². The Kier molecular flexibility index (Phi) is 6.54. The molecule has 4 heteroatoms. The van der Waals surface area contributed by atoms with E-state index in [2.05, 4.69) is 6.92 Å². The molecule has 0 saturated heterocycles. The first-order valence-corrected chi connectivity index (χ1v) is 6.29. The molecule has 3 nitrogen and oxygen atoms in total. The zero-order valence-corrected chi connectivity index (χ0v) is 10.7. The van der Waals surface area contributed by atoms with Gasteiger partial charge in [-0.15, -0.1) is 0 Å². The molecule has 0 bridgehead atoms. The molecule has 0 amide bonds. The Morgan fingerprint density at radius 3 is 2.78 bits per heavy atom. The number of aliphatic hydroxyl groups is 1. The Balaban J connectivity index is 2.59. The third-order valence-electron chi connectivity index (χ3n) is 2.76. The molecule has 0 aliphatic carbocycles. The molecule has 0 saturated carbocycles. The predicted molar refractivity (Wildman–Crippen MR) is 69.2 cm³/mol. The third kappa shape index (κ3) is 4.94. The van der Waals surface area contributed by atoms with Gasteiger partial charge in [0, 0.05) is 12.1 Å². The largest absolute Gasteiger partial charge is 0.395 e. The van der Waals surface area contributed by atoms with E-state index in [0.29, 0.717) is 12.1 Å². The molecule has 0 aromatic heterocycles. The smallest absolute Gasteiger partial charge is 0.176 e. The summed E-state index contributed by atoms with van der Waals surface area (Å²) in [5.41, 5.74) is 0.384. The van der Waals surface area contributed by atoms with Gasteiger partial charge in [0.15, 0.2) is 5.78 Å². The fourth-order valence-corrected chi connectivity index (χ4v) is 1.75. The minimum Gasteiger partial charge on any atom is -0.395 e. The lowest BCUT2D eigenvalue weighted by molar-refractivity contribution is 0.0913. The molecular weight excluding hydrogens is 233 g/mol. The summed E-state index contributed by atoms with van der Waals surface area (Å²) in [5.74, 6) is -0.512. The molecule has 0 radical (unpaired) electrons. The zero-order valence-electron chi connectivity index (χ0n) is 10.7. The highest BCUT2D eigenvalue weighted by Gasteiger charge is 2.12. The van der Waals surface area contributed by atoms with E-state index in [1.54, 1.807) is 6.07 Å². The second kappa shape index (κ2) is 7.95. The number of unbranched alkanes of at least 4 members (excludes halogenated alkanes) is 1. The van der Waals surface area contributed by atoms with E-state index in [4.69, 9.17) is 5.11 Å². The topological polar surface area (TPSA) is 40.5 Å². The highest BCUT2D eigenvalue weighted by atomic mass is 19.1. The van der Waals surface area contributed by atoms with Crippen LogP contribution >= 0.6 is 0 Å². The fourth-order valence-electron chi connectivity index (χ4n) is 1.75. The third-order valence-corrected chi connectivity index (χ3v) is 2.76. The Hall–Kier alpha value is -1.26. The number of benzene rings is 1. The monoisotopic (exact) mass is 253 g/mol. The van der Waals surface area contributed by atoms with Crippen LogP contribution in [0.2, 0.25) is 0 Å². The summed E-state index contributed by atoms with van der Waals surface area (Å²) in [5, 5.41) is 8.95. The molecule has 1 aromatic rings. The lowest BCUT2D eigenvalue weighted by atomic mass is 10.1. The fraction of sp³-hybridized carbons (Fsp3) is 0.500. The van der Waals surface area contributed by atoms with E-state index in [-0.39, 0.29) is 18.9 Å². The van der Waals surface area contributed by atoms with Crippen molar-refractivity contribution in [3.8, 4) is 0 Å². The van der Waals surface area contributed by atoms with Crippen LogP contribution < -0.4 is 0 Å². The maximum atomic E-state index is 13.0. The Morgan fingerprint density at radius 2 is 2.17 bits per heavy atom. The average Bonchev–Trinajstić information content (AvgIpc) is 2.36. The number of rotatable bonds is 8. The van der Waals surface area contributed by atoms with Crippen molar-refractivity contribution in [2.75, 3.05) is 26.2 Å². The van der Waals surface area contributed by atoms with Crippen LogP contribution in [0.3, 0.4) is 0 Å². The van der Waals surface area contributed by atoms with Crippen molar-refractivity contribution < 1.29 is 14.3 Å². The molecule has 0 unspecified atom stereocenters. The van der Waals surface area contributed by atoms with Crippen molar-refractivity contribution in [1.29, 1.82) is 0 Å². The molecule has 0 fully saturated rings. The lowest BCUT2D eigenvalue weighted by Crippen LogP contribution is -2.33. The Labute approximate surface area is 107 Å². The summed E-state index contributed by atoms with van der Waals surface area (Å²) >= 11 is 0. The minimum absolute atomic E-state index is 0.0279. The summed E-state index contributed by atoms with van der Waals surface area (Å²) in [6.45, 7) is 3.58. The molecule has 0 atom stereocenters. The van der Waals surface area contributed by atoms with Gasteiger partial charge in [-0.2, -0.15) is 0 Å². The first kappa shape index (κ1) is 14.8. The molecule has 18 heavy (non-hydrogen) atoms. The number of aliphatic hydroxyl groups excluding tert-OH is 1. The molecular formula is C14H20FNO2. The van der Waals surface area contributed by atoms with Crippen molar-refractivity contribution in [2.24, 2.45) is 0 Å². The molecule has 1 N–H and O–H groups in total. The van der Waals surface area contributed by atoms with Crippen LogP contribution in [-0.4, -0.2) is 42.0 Å². The van der Waals surface area contributed by atoms with Gasteiger partial charge in [0.25, 0.3) is 0 Å². The summed E-state index contributed by atoms with van der Waals surface area (Å²) in [6.07, 6.45) is 2.02. The van der Waals surface area contributed by atoms with Crippen molar-refractivity contribution >= 4 is 5.78 Å². The predicted octanol–water partition coefficient (Wildman–Crippen LogP) is 2.10. The lowest BCUT2D eigenvalue weighted by Gasteiger charge is -2.20. The van der Waals surface area contributed by atoms with Gasteiger partial charge < -0.3 is 5.11 Å². The highest BCUT2D eigenvalue weighted by molar-refractivity contribution is 5.97. The van der Waals surface area contributed by atoms with E-state index >= 15 is 0 Å². The van der Waals surface area contributed by atoms with Gasteiger partial charge in [0.2, 0.25) is 0 Å². The van der Waals surface area contributed by atoms with E-state index in [9.17, 15) is 9.18 Å². The number of halogens is 1. The number of nitrogens with zero attached hydrogens (tertiary/aromatic N) is 1. The maximum absolute atomic E-state index is 13.0. The molecule has 0 aliphatic heterocycles. The number of hydrogen-bond donors (Lipinski definition) is 1. The number of ketones is 1. The molecule has 1 rings (SSSR count). The molecule has 0 spiro atoms. The number of carbonyl (C=O) groups excluding carboxylic acids is 1. The van der Waals surface area contributed by atoms with Crippen molar-refractivity contribution in [1.82, 2.24) is 4.90 Å². The second-order valence-electron chi connectivity index (χ2n) is 4.29. The van der Waals surface area contributed by atoms with Crippen molar-refractivity contribution in [2.45, 2.75) is 19.8 Å². The van der Waals surface area contributed by atoms with Crippen molar-refractivity contribution in [3.63, 3.8) is 0 Å². The second-order valence-corrected chi connectivity index (χ2v) is 4.29. The van der Waals surface area contributed by atoms with Crippen molar-refractivity contribution in [3.05, 3.63) is 35.6 Å². The zero-order chi connectivity index (χ0) is 13.4. The van der Waals surface area contributed by atoms with Gasteiger partial charge in [0.1, 0.15) is 5.82 Å². The van der Waals surface area contributed by atoms with Gasteiger partial charge in [-0.3, -0.25) is 9.69 Å². The van der Waals surface area contributed by atoms with Crippen LogP contribution in [0.5, 0.6) is 0 Å². The first-order chi connectivity index (χ1) is 8.67. The standard InChI is InChI=1S/C14H20FNO2/c1-2-3-7-16(8-9-17)11-14(18)12-5-4-6-13(15)10-12/h4-6,10,17H,2-3,7-9,11H2,1H3. The van der Waals surface area contributed by atoms with E-state index in [1.807, 2.05) is 4.90 Å². The molecule has 0 heterocycles. The van der Waals surface area contributed by atoms with E-state index in [1.165, 1.54) is 18.2 Å². The normalized spacial score (nSPS) is 10.9. The highest BCUT2D eigenvalue weighted by Crippen LogP contribution is 2.06. The van der Waals surface area contributed by atoms with Gasteiger partial charge in [-0.05, 0) is 25.1 Å². The number of carbonyl (C=O) groups is 1. The molecule has 0 aliphatic rings. The quantitative estimate of drug-likeness (QED) is 0.721. The maximum Gasteiger partial charge on any atom is 0.176 e. The van der Waals surface area contributed by atoms with Gasteiger partial charge in [-0.1, -0.05) is 25.5 Å².